The maximum absolute atomic E-state index is 10.5. The minimum Gasteiger partial charge on any atom is -0.396 e. The molecule has 1 saturated carbocycles. The van der Waals surface area contributed by atoms with Crippen molar-refractivity contribution in [2.24, 2.45) is 16.7 Å². The first kappa shape index (κ1) is 14.0. The summed E-state index contributed by atoms with van der Waals surface area (Å²) in [4.78, 5) is 0. The van der Waals surface area contributed by atoms with Crippen LogP contribution in [0.2, 0.25) is 0 Å². The maximum atomic E-state index is 10.5. The quantitative estimate of drug-likeness (QED) is 0.626. The number of aliphatic hydroxyl groups excluding tert-OH is 3. The SMILES string of the molecule is C/C1=C/CC(C)(CO)C(O)C2CC2(C)C(O)CC1. The maximum Gasteiger partial charge on any atom is 0.0653 e. The van der Waals surface area contributed by atoms with E-state index in [4.69, 9.17) is 0 Å². The van der Waals surface area contributed by atoms with Crippen molar-refractivity contribution in [3.8, 4) is 0 Å². The molecule has 2 aliphatic carbocycles. The molecule has 2 rings (SSSR count). The standard InChI is InChI=1S/C15H26O3/c1-10-4-5-12(17)15(3)8-11(15)13(18)14(2,9-16)7-6-10/h6,11-13,16-18H,4-5,7-9H2,1-3H3/b10-6-. The van der Waals surface area contributed by atoms with Crippen LogP contribution in [0.5, 0.6) is 0 Å². The highest BCUT2D eigenvalue weighted by Gasteiger charge is 2.60. The predicted octanol–water partition coefficient (Wildman–Crippen LogP) is 1.86. The van der Waals surface area contributed by atoms with Crippen molar-refractivity contribution in [2.45, 2.75) is 58.7 Å². The molecule has 3 heteroatoms. The van der Waals surface area contributed by atoms with Gasteiger partial charge in [-0.1, -0.05) is 25.5 Å². The summed E-state index contributed by atoms with van der Waals surface area (Å²) in [7, 11) is 0. The normalized spacial score (nSPS) is 52.1. The number of hydrogen-bond donors (Lipinski definition) is 3. The fourth-order valence-electron chi connectivity index (χ4n) is 3.24. The van der Waals surface area contributed by atoms with Gasteiger partial charge in [-0.2, -0.15) is 0 Å². The van der Waals surface area contributed by atoms with Gasteiger partial charge in [0.25, 0.3) is 0 Å². The highest BCUT2D eigenvalue weighted by molar-refractivity contribution is 5.13. The molecular formula is C15H26O3. The van der Waals surface area contributed by atoms with E-state index in [9.17, 15) is 15.3 Å². The molecule has 0 spiro atoms. The molecule has 3 N–H and O–H groups in total. The molecule has 0 saturated heterocycles. The molecule has 0 radical (unpaired) electrons. The smallest absolute Gasteiger partial charge is 0.0653 e. The van der Waals surface area contributed by atoms with Crippen LogP contribution in [0.1, 0.15) is 46.5 Å². The molecule has 0 amide bonds. The van der Waals surface area contributed by atoms with Crippen LogP contribution in [0.15, 0.2) is 11.6 Å². The van der Waals surface area contributed by atoms with Crippen molar-refractivity contribution in [3.05, 3.63) is 11.6 Å². The Kier molecular flexibility index (Phi) is 3.60. The van der Waals surface area contributed by atoms with Crippen LogP contribution in [0.25, 0.3) is 0 Å². The number of aliphatic hydroxyl groups is 3. The molecule has 18 heavy (non-hydrogen) atoms. The Morgan fingerprint density at radius 1 is 1.33 bits per heavy atom. The summed E-state index contributed by atoms with van der Waals surface area (Å²) in [6.07, 6.45) is 4.48. The third-order valence-electron chi connectivity index (χ3n) is 5.29. The Labute approximate surface area is 110 Å². The summed E-state index contributed by atoms with van der Waals surface area (Å²) in [5.41, 5.74) is 0.595. The molecule has 0 aromatic carbocycles. The van der Waals surface area contributed by atoms with Gasteiger partial charge in [-0.05, 0) is 43.9 Å². The molecular weight excluding hydrogens is 228 g/mol. The Bertz CT molecular complexity index is 352. The fourth-order valence-corrected chi connectivity index (χ4v) is 3.24. The molecule has 0 heterocycles. The average Bonchev–Trinajstić information content (AvgIpc) is 3.04. The average molecular weight is 254 g/mol. The van der Waals surface area contributed by atoms with E-state index in [-0.39, 0.29) is 24.0 Å². The van der Waals surface area contributed by atoms with E-state index >= 15 is 0 Å². The number of allylic oxidation sites excluding steroid dienone is 2. The Balaban J connectivity index is 2.27. The third kappa shape index (κ3) is 2.24. The molecule has 0 aromatic rings. The highest BCUT2D eigenvalue weighted by atomic mass is 16.3. The van der Waals surface area contributed by atoms with Gasteiger partial charge in [0.1, 0.15) is 0 Å². The molecule has 0 aromatic heterocycles. The van der Waals surface area contributed by atoms with Crippen LogP contribution in [0.4, 0.5) is 0 Å². The van der Waals surface area contributed by atoms with Crippen molar-refractivity contribution in [1.82, 2.24) is 0 Å². The van der Waals surface area contributed by atoms with Gasteiger partial charge in [0.15, 0.2) is 0 Å². The minimum atomic E-state index is -0.538. The van der Waals surface area contributed by atoms with Crippen LogP contribution in [0.3, 0.4) is 0 Å². The zero-order chi connectivity index (χ0) is 13.6. The molecule has 0 aliphatic heterocycles. The van der Waals surface area contributed by atoms with Crippen LogP contribution in [-0.4, -0.2) is 34.1 Å². The third-order valence-corrected chi connectivity index (χ3v) is 5.29. The first-order chi connectivity index (χ1) is 8.33. The summed E-state index contributed by atoms with van der Waals surface area (Å²) in [5.74, 6) is 0.122. The summed E-state index contributed by atoms with van der Waals surface area (Å²) in [6.45, 7) is 6.05. The van der Waals surface area contributed by atoms with Gasteiger partial charge in [0.05, 0.1) is 18.8 Å². The van der Waals surface area contributed by atoms with E-state index in [0.29, 0.717) is 6.42 Å². The molecule has 1 fully saturated rings. The summed E-state index contributed by atoms with van der Waals surface area (Å²) < 4.78 is 0. The Morgan fingerprint density at radius 3 is 2.61 bits per heavy atom. The van der Waals surface area contributed by atoms with E-state index in [1.807, 2.05) is 6.92 Å². The van der Waals surface area contributed by atoms with Crippen molar-refractivity contribution in [1.29, 1.82) is 0 Å². The van der Waals surface area contributed by atoms with E-state index in [0.717, 1.165) is 19.3 Å². The summed E-state index contributed by atoms with van der Waals surface area (Å²) in [5, 5.41) is 30.4. The van der Waals surface area contributed by atoms with Crippen molar-refractivity contribution >= 4 is 0 Å². The van der Waals surface area contributed by atoms with Gasteiger partial charge < -0.3 is 15.3 Å². The second-order valence-electron chi connectivity index (χ2n) is 6.88. The molecule has 5 unspecified atom stereocenters. The zero-order valence-corrected chi connectivity index (χ0v) is 11.7. The molecule has 5 atom stereocenters. The van der Waals surface area contributed by atoms with Crippen LogP contribution in [-0.2, 0) is 0 Å². The molecule has 2 aliphatic rings. The van der Waals surface area contributed by atoms with E-state index in [2.05, 4.69) is 19.9 Å². The first-order valence-corrected chi connectivity index (χ1v) is 6.96. The lowest BCUT2D eigenvalue weighted by molar-refractivity contribution is -0.0364. The number of fused-ring (bicyclic) bond motifs is 1. The van der Waals surface area contributed by atoms with E-state index < -0.39 is 11.5 Å². The zero-order valence-electron chi connectivity index (χ0n) is 11.7. The molecule has 104 valence electrons. The second-order valence-corrected chi connectivity index (χ2v) is 6.88. The van der Waals surface area contributed by atoms with Crippen LogP contribution < -0.4 is 0 Å². The van der Waals surface area contributed by atoms with Crippen molar-refractivity contribution in [2.75, 3.05) is 6.61 Å². The van der Waals surface area contributed by atoms with Gasteiger partial charge in [-0.15, -0.1) is 0 Å². The Morgan fingerprint density at radius 2 is 2.00 bits per heavy atom. The predicted molar refractivity (Wildman–Crippen MR) is 71.0 cm³/mol. The van der Waals surface area contributed by atoms with Gasteiger partial charge >= 0.3 is 0 Å². The first-order valence-electron chi connectivity index (χ1n) is 6.96. The Hall–Kier alpha value is -0.380. The van der Waals surface area contributed by atoms with Gasteiger partial charge in [0.2, 0.25) is 0 Å². The topological polar surface area (TPSA) is 60.7 Å². The number of hydrogen-bond acceptors (Lipinski definition) is 3. The molecule has 3 nitrogen and oxygen atoms in total. The van der Waals surface area contributed by atoms with Gasteiger partial charge in [0, 0.05) is 5.41 Å². The monoisotopic (exact) mass is 254 g/mol. The van der Waals surface area contributed by atoms with E-state index in [1.54, 1.807) is 0 Å². The summed E-state index contributed by atoms with van der Waals surface area (Å²) >= 11 is 0. The lowest BCUT2D eigenvalue weighted by atomic mass is 9.75. The van der Waals surface area contributed by atoms with Crippen molar-refractivity contribution in [3.63, 3.8) is 0 Å². The van der Waals surface area contributed by atoms with Crippen molar-refractivity contribution < 1.29 is 15.3 Å². The van der Waals surface area contributed by atoms with Crippen LogP contribution in [0, 0.1) is 16.7 Å². The highest BCUT2D eigenvalue weighted by Crippen LogP contribution is 2.60. The summed E-state index contributed by atoms with van der Waals surface area (Å²) in [6, 6.07) is 0. The van der Waals surface area contributed by atoms with Gasteiger partial charge in [-0.25, -0.2) is 0 Å². The van der Waals surface area contributed by atoms with Gasteiger partial charge in [-0.3, -0.25) is 0 Å². The largest absolute Gasteiger partial charge is 0.396 e. The number of rotatable bonds is 1. The molecule has 0 bridgehead atoms. The van der Waals surface area contributed by atoms with E-state index in [1.165, 1.54) is 5.57 Å². The lowest BCUT2D eigenvalue weighted by Gasteiger charge is -2.35. The fraction of sp³-hybridized carbons (Fsp3) is 0.867. The second kappa shape index (κ2) is 4.62. The minimum absolute atomic E-state index is 0.0133. The van der Waals surface area contributed by atoms with Crippen LogP contribution >= 0.6 is 0 Å². The lowest BCUT2D eigenvalue weighted by Crippen LogP contribution is -2.40.